The number of benzene rings is 2. The molecule has 1 saturated carbocycles. The lowest BCUT2D eigenvalue weighted by atomic mass is 9.79. The maximum Gasteiger partial charge on any atom is 0.339 e. The summed E-state index contributed by atoms with van der Waals surface area (Å²) in [5, 5.41) is 2.61. The first-order chi connectivity index (χ1) is 13.6. The highest BCUT2D eigenvalue weighted by atomic mass is 16.5. The average molecular weight is 381 g/mol. The first kappa shape index (κ1) is 19.6. The van der Waals surface area contributed by atoms with Crippen molar-refractivity contribution in [2.24, 2.45) is 0 Å². The fraction of sp³-hybridized carbons (Fsp3) is 0.318. The number of anilines is 1. The molecule has 146 valence electrons. The number of carbonyl (C=O) groups is 3. The first-order valence-corrected chi connectivity index (χ1v) is 9.27. The molecule has 3 rings (SSSR count). The quantitative estimate of drug-likeness (QED) is 0.775. The number of amides is 1. The highest BCUT2D eigenvalue weighted by Crippen LogP contribution is 2.42. The normalized spacial score (nSPS) is 14.9. The van der Waals surface area contributed by atoms with Gasteiger partial charge in [0, 0.05) is 0 Å². The van der Waals surface area contributed by atoms with E-state index in [1.807, 2.05) is 30.3 Å². The van der Waals surface area contributed by atoms with Crippen LogP contribution in [0.3, 0.4) is 0 Å². The second-order valence-electron chi connectivity index (χ2n) is 6.82. The van der Waals surface area contributed by atoms with Crippen molar-refractivity contribution in [2.75, 3.05) is 19.0 Å². The Labute approximate surface area is 163 Å². The van der Waals surface area contributed by atoms with Crippen molar-refractivity contribution in [3.05, 3.63) is 65.7 Å². The van der Waals surface area contributed by atoms with Gasteiger partial charge in [-0.05, 0) is 30.5 Å². The summed E-state index contributed by atoms with van der Waals surface area (Å²) >= 11 is 0. The van der Waals surface area contributed by atoms with Gasteiger partial charge in [-0.3, -0.25) is 9.59 Å². The predicted octanol–water partition coefficient (Wildman–Crippen LogP) is 3.47. The molecule has 28 heavy (non-hydrogen) atoms. The molecular formula is C22H23NO5. The number of hydrogen-bond acceptors (Lipinski definition) is 5. The molecule has 0 atom stereocenters. The van der Waals surface area contributed by atoms with Crippen molar-refractivity contribution < 1.29 is 23.9 Å². The Balaban J connectivity index is 1.66. The molecule has 1 aliphatic carbocycles. The minimum atomic E-state index is -0.689. The predicted molar refractivity (Wildman–Crippen MR) is 104 cm³/mol. The van der Waals surface area contributed by atoms with Crippen molar-refractivity contribution in [2.45, 2.75) is 31.1 Å². The van der Waals surface area contributed by atoms with E-state index in [1.54, 1.807) is 24.3 Å². The maximum atomic E-state index is 12.9. The monoisotopic (exact) mass is 381 g/mol. The van der Waals surface area contributed by atoms with E-state index in [0.717, 1.165) is 18.4 Å². The Kier molecular flexibility index (Phi) is 6.09. The maximum absolute atomic E-state index is 12.9. The number of nitrogens with one attached hydrogen (secondary N) is 1. The molecule has 2 aromatic rings. The molecular weight excluding hydrogens is 358 g/mol. The van der Waals surface area contributed by atoms with E-state index in [0.29, 0.717) is 18.5 Å². The van der Waals surface area contributed by atoms with Gasteiger partial charge in [-0.2, -0.15) is 0 Å². The van der Waals surface area contributed by atoms with Crippen LogP contribution in [0.4, 0.5) is 5.69 Å². The van der Waals surface area contributed by atoms with Crippen molar-refractivity contribution in [1.82, 2.24) is 0 Å². The molecule has 6 heteroatoms. The molecule has 6 nitrogen and oxygen atoms in total. The van der Waals surface area contributed by atoms with Crippen molar-refractivity contribution in [3.8, 4) is 0 Å². The van der Waals surface area contributed by atoms with Gasteiger partial charge < -0.3 is 14.8 Å². The number of methoxy groups -OCH3 is 1. The standard InChI is InChI=1S/C22H23NO5/c1-27-20(25)17-11-5-6-12-18(17)23-19(24)15-28-21(26)22(13-7-8-14-22)16-9-3-2-4-10-16/h2-6,9-12H,7-8,13-15H2,1H3,(H,23,24). The van der Waals surface area contributed by atoms with Gasteiger partial charge in [0.05, 0.1) is 23.8 Å². The van der Waals surface area contributed by atoms with Crippen LogP contribution in [0.15, 0.2) is 54.6 Å². The Morgan fingerprint density at radius 1 is 0.964 bits per heavy atom. The molecule has 1 N–H and O–H groups in total. The Hall–Kier alpha value is -3.15. The summed E-state index contributed by atoms with van der Waals surface area (Å²) in [5.74, 6) is -1.44. The van der Waals surface area contributed by atoms with Gasteiger partial charge in [-0.15, -0.1) is 0 Å². The second kappa shape index (κ2) is 8.69. The van der Waals surface area contributed by atoms with Crippen LogP contribution < -0.4 is 5.32 Å². The minimum Gasteiger partial charge on any atom is -0.465 e. The molecule has 0 aliphatic heterocycles. The summed E-state index contributed by atoms with van der Waals surface area (Å²) in [5.41, 5.74) is 0.787. The number of hydrogen-bond donors (Lipinski definition) is 1. The van der Waals surface area contributed by atoms with E-state index >= 15 is 0 Å². The molecule has 2 aromatic carbocycles. The van der Waals surface area contributed by atoms with E-state index in [9.17, 15) is 14.4 Å². The molecule has 0 bridgehead atoms. The molecule has 0 radical (unpaired) electrons. The molecule has 1 amide bonds. The van der Waals surface area contributed by atoms with Crippen LogP contribution in [0.2, 0.25) is 0 Å². The zero-order valence-corrected chi connectivity index (χ0v) is 15.8. The van der Waals surface area contributed by atoms with Gasteiger partial charge in [0.1, 0.15) is 0 Å². The van der Waals surface area contributed by atoms with E-state index in [4.69, 9.17) is 9.47 Å². The Morgan fingerprint density at radius 3 is 2.29 bits per heavy atom. The van der Waals surface area contributed by atoms with Gasteiger partial charge >= 0.3 is 11.9 Å². The third-order valence-corrected chi connectivity index (χ3v) is 5.12. The van der Waals surface area contributed by atoms with Crippen molar-refractivity contribution in [3.63, 3.8) is 0 Å². The van der Waals surface area contributed by atoms with Gasteiger partial charge in [-0.1, -0.05) is 55.3 Å². The van der Waals surface area contributed by atoms with Crippen molar-refractivity contribution in [1.29, 1.82) is 0 Å². The zero-order chi connectivity index (χ0) is 20.0. The van der Waals surface area contributed by atoms with E-state index < -0.39 is 23.9 Å². The van der Waals surface area contributed by atoms with Crippen LogP contribution in [-0.4, -0.2) is 31.6 Å². The van der Waals surface area contributed by atoms with Crippen LogP contribution in [0.25, 0.3) is 0 Å². The third kappa shape index (κ3) is 4.06. The lowest BCUT2D eigenvalue weighted by Gasteiger charge is -2.27. The molecule has 0 saturated heterocycles. The number of ether oxygens (including phenoxy) is 2. The summed E-state index contributed by atoms with van der Waals surface area (Å²) in [6.07, 6.45) is 3.32. The number of rotatable bonds is 6. The van der Waals surface area contributed by atoms with Gasteiger partial charge in [0.25, 0.3) is 5.91 Å². The number of para-hydroxylation sites is 1. The van der Waals surface area contributed by atoms with Crippen molar-refractivity contribution >= 4 is 23.5 Å². The summed E-state index contributed by atoms with van der Waals surface area (Å²) in [7, 11) is 1.27. The number of carbonyl (C=O) groups excluding carboxylic acids is 3. The molecule has 0 heterocycles. The van der Waals surface area contributed by atoms with E-state index in [2.05, 4.69) is 5.32 Å². The lowest BCUT2D eigenvalue weighted by Crippen LogP contribution is -2.36. The van der Waals surface area contributed by atoms with Gasteiger partial charge in [0.15, 0.2) is 6.61 Å². The Morgan fingerprint density at radius 2 is 1.61 bits per heavy atom. The van der Waals surface area contributed by atoms with Crippen LogP contribution in [0, 0.1) is 0 Å². The highest BCUT2D eigenvalue weighted by Gasteiger charge is 2.44. The summed E-state index contributed by atoms with van der Waals surface area (Å²) in [6, 6.07) is 16.1. The summed E-state index contributed by atoms with van der Waals surface area (Å²) in [4.78, 5) is 37.0. The average Bonchev–Trinajstić information content (AvgIpc) is 3.24. The van der Waals surface area contributed by atoms with E-state index in [-0.39, 0.29) is 11.5 Å². The lowest BCUT2D eigenvalue weighted by molar-refractivity contribution is -0.153. The molecule has 0 aromatic heterocycles. The number of esters is 2. The zero-order valence-electron chi connectivity index (χ0n) is 15.8. The smallest absolute Gasteiger partial charge is 0.339 e. The van der Waals surface area contributed by atoms with E-state index in [1.165, 1.54) is 7.11 Å². The summed E-state index contributed by atoms with van der Waals surface area (Å²) < 4.78 is 10.1. The molecule has 1 fully saturated rings. The largest absolute Gasteiger partial charge is 0.465 e. The highest BCUT2D eigenvalue weighted by molar-refractivity contribution is 6.02. The van der Waals surface area contributed by atoms with Crippen LogP contribution in [0.1, 0.15) is 41.6 Å². The van der Waals surface area contributed by atoms with Gasteiger partial charge in [0.2, 0.25) is 0 Å². The molecule has 0 spiro atoms. The molecule has 1 aliphatic rings. The van der Waals surface area contributed by atoms with Crippen LogP contribution >= 0.6 is 0 Å². The fourth-order valence-electron chi connectivity index (χ4n) is 3.68. The Bertz CT molecular complexity index is 856. The van der Waals surface area contributed by atoms with Gasteiger partial charge in [-0.25, -0.2) is 4.79 Å². The second-order valence-corrected chi connectivity index (χ2v) is 6.82. The first-order valence-electron chi connectivity index (χ1n) is 9.27. The summed E-state index contributed by atoms with van der Waals surface area (Å²) in [6.45, 7) is -0.414. The third-order valence-electron chi connectivity index (χ3n) is 5.12. The topological polar surface area (TPSA) is 81.7 Å². The SMILES string of the molecule is COC(=O)c1ccccc1NC(=O)COC(=O)C1(c2ccccc2)CCCC1. The minimum absolute atomic E-state index is 0.237. The molecule has 0 unspecified atom stereocenters. The fourth-order valence-corrected chi connectivity index (χ4v) is 3.68. The van der Waals surface area contributed by atoms with Crippen LogP contribution in [-0.2, 0) is 24.5 Å². The van der Waals surface area contributed by atoms with Crippen LogP contribution in [0.5, 0.6) is 0 Å².